The smallest absolute Gasteiger partial charge is 0.0468 e. The Bertz CT molecular complexity index is 3370. The second-order valence-corrected chi connectivity index (χ2v) is 15.5. The summed E-state index contributed by atoms with van der Waals surface area (Å²) in [5.41, 5.74) is 9.06. The van der Waals surface area contributed by atoms with E-state index in [9.17, 15) is 0 Å². The molecular formula is C58H40N2. The van der Waals surface area contributed by atoms with Gasteiger partial charge in [0.2, 0.25) is 0 Å². The van der Waals surface area contributed by atoms with Crippen molar-refractivity contribution in [2.75, 3.05) is 9.80 Å². The predicted molar refractivity (Wildman–Crippen MR) is 259 cm³/mol. The highest BCUT2D eigenvalue weighted by atomic mass is 15.1. The second kappa shape index (κ2) is 15.1. The molecule has 0 aliphatic heterocycles. The molecule has 0 aromatic heterocycles. The normalized spacial score (nSPS) is 11.6. The minimum Gasteiger partial charge on any atom is -0.310 e. The quantitative estimate of drug-likeness (QED) is 0.112. The fourth-order valence-corrected chi connectivity index (χ4v) is 8.60. The first kappa shape index (κ1) is 35.2. The largest absolute Gasteiger partial charge is 0.310 e. The maximum absolute atomic E-state index is 2.35. The number of para-hydroxylation sites is 2. The first-order valence-corrected chi connectivity index (χ1v) is 20.6. The third-order valence-corrected chi connectivity index (χ3v) is 11.6. The minimum atomic E-state index is 1.11. The Morgan fingerprint density at radius 3 is 1.00 bits per heavy atom. The Morgan fingerprint density at radius 1 is 0.200 bits per heavy atom. The molecule has 0 spiro atoms. The van der Waals surface area contributed by atoms with Crippen LogP contribution in [0.5, 0.6) is 0 Å². The van der Waals surface area contributed by atoms with E-state index in [1.54, 1.807) is 0 Å². The Kier molecular flexibility index (Phi) is 8.87. The fraction of sp³-hybridized carbons (Fsp3) is 0. The van der Waals surface area contributed by atoms with Crippen LogP contribution >= 0.6 is 0 Å². The molecule has 0 saturated carbocycles. The van der Waals surface area contributed by atoms with Gasteiger partial charge in [-0.3, -0.25) is 0 Å². The molecule has 0 bridgehead atoms. The summed E-state index contributed by atoms with van der Waals surface area (Å²) in [6.07, 6.45) is 4.41. The highest BCUT2D eigenvalue weighted by Gasteiger charge is 2.15. The maximum Gasteiger partial charge on any atom is 0.0468 e. The van der Waals surface area contributed by atoms with Crippen LogP contribution in [0.1, 0.15) is 11.1 Å². The van der Waals surface area contributed by atoms with Crippen molar-refractivity contribution in [1.29, 1.82) is 0 Å². The van der Waals surface area contributed by atoms with Crippen LogP contribution in [0.4, 0.5) is 34.1 Å². The van der Waals surface area contributed by atoms with Gasteiger partial charge in [-0.15, -0.1) is 0 Å². The summed E-state index contributed by atoms with van der Waals surface area (Å²) in [5.74, 6) is 0. The number of anilines is 6. The average molecular weight is 765 g/mol. The van der Waals surface area contributed by atoms with E-state index < -0.39 is 0 Å². The van der Waals surface area contributed by atoms with E-state index in [0.717, 1.165) is 45.3 Å². The van der Waals surface area contributed by atoms with Crippen molar-refractivity contribution in [3.8, 4) is 0 Å². The molecule has 0 N–H and O–H groups in total. The Labute approximate surface area is 350 Å². The Balaban J connectivity index is 0.876. The molecule has 2 heteroatoms. The predicted octanol–water partition coefficient (Wildman–Crippen LogP) is 16.6. The van der Waals surface area contributed by atoms with Crippen LogP contribution in [-0.4, -0.2) is 0 Å². The van der Waals surface area contributed by atoms with Gasteiger partial charge >= 0.3 is 0 Å². The van der Waals surface area contributed by atoms with E-state index >= 15 is 0 Å². The van der Waals surface area contributed by atoms with E-state index in [2.05, 4.69) is 252 Å². The number of fused-ring (bicyclic) bond motifs is 5. The van der Waals surface area contributed by atoms with Crippen molar-refractivity contribution in [2.45, 2.75) is 0 Å². The van der Waals surface area contributed by atoms with Crippen LogP contribution in [0, 0.1) is 0 Å². The van der Waals surface area contributed by atoms with E-state index in [0.29, 0.717) is 0 Å². The van der Waals surface area contributed by atoms with Gasteiger partial charge in [-0.05, 0) is 168 Å². The molecule has 0 saturated heterocycles. The molecule has 0 atom stereocenters. The van der Waals surface area contributed by atoms with Gasteiger partial charge in [0.05, 0.1) is 0 Å². The van der Waals surface area contributed by atoms with Crippen LogP contribution in [-0.2, 0) is 0 Å². The van der Waals surface area contributed by atoms with Crippen molar-refractivity contribution >= 4 is 100 Å². The molecule has 0 aliphatic carbocycles. The summed E-state index contributed by atoms with van der Waals surface area (Å²) in [6, 6.07) is 83.5. The zero-order valence-electron chi connectivity index (χ0n) is 33.0. The van der Waals surface area contributed by atoms with Crippen LogP contribution in [0.3, 0.4) is 0 Å². The summed E-state index contributed by atoms with van der Waals surface area (Å²) >= 11 is 0. The zero-order valence-corrected chi connectivity index (χ0v) is 33.0. The van der Waals surface area contributed by atoms with Crippen molar-refractivity contribution in [3.05, 3.63) is 242 Å². The maximum atomic E-state index is 2.35. The molecule has 0 fully saturated rings. The Morgan fingerprint density at radius 2 is 0.500 bits per heavy atom. The Hall–Kier alpha value is -7.94. The summed E-state index contributed by atoms with van der Waals surface area (Å²) in [5, 5.41) is 12.4. The second-order valence-electron chi connectivity index (χ2n) is 15.5. The van der Waals surface area contributed by atoms with Crippen LogP contribution < -0.4 is 9.80 Å². The number of hydrogen-bond donors (Lipinski definition) is 0. The van der Waals surface area contributed by atoms with Gasteiger partial charge in [-0.25, -0.2) is 0 Å². The van der Waals surface area contributed by atoms with Crippen molar-refractivity contribution < 1.29 is 0 Å². The molecule has 2 nitrogen and oxygen atoms in total. The van der Waals surface area contributed by atoms with Crippen molar-refractivity contribution in [1.82, 2.24) is 0 Å². The lowest BCUT2D eigenvalue weighted by molar-refractivity contribution is 1.29. The molecule has 60 heavy (non-hydrogen) atoms. The lowest BCUT2D eigenvalue weighted by Gasteiger charge is -2.26. The summed E-state index contributed by atoms with van der Waals surface area (Å²) in [6.45, 7) is 0. The molecule has 0 unspecified atom stereocenters. The average Bonchev–Trinajstić information content (AvgIpc) is 3.30. The van der Waals surface area contributed by atoms with Gasteiger partial charge in [0.15, 0.2) is 0 Å². The topological polar surface area (TPSA) is 6.48 Å². The highest BCUT2D eigenvalue weighted by Crippen LogP contribution is 2.39. The summed E-state index contributed by atoms with van der Waals surface area (Å²) < 4.78 is 0. The lowest BCUT2D eigenvalue weighted by atomic mass is 10.0. The van der Waals surface area contributed by atoms with E-state index in [4.69, 9.17) is 0 Å². The first-order valence-electron chi connectivity index (χ1n) is 20.6. The lowest BCUT2D eigenvalue weighted by Crippen LogP contribution is -2.09. The number of rotatable bonds is 8. The van der Waals surface area contributed by atoms with Gasteiger partial charge < -0.3 is 9.80 Å². The monoisotopic (exact) mass is 764 g/mol. The van der Waals surface area contributed by atoms with E-state index in [1.807, 2.05) is 0 Å². The van der Waals surface area contributed by atoms with Gasteiger partial charge in [0, 0.05) is 34.1 Å². The summed E-state index contributed by atoms with van der Waals surface area (Å²) in [4.78, 5) is 4.69. The van der Waals surface area contributed by atoms with Gasteiger partial charge in [0.1, 0.15) is 0 Å². The first-order chi connectivity index (χ1) is 29.7. The molecule has 0 amide bonds. The van der Waals surface area contributed by atoms with Gasteiger partial charge in [-0.1, -0.05) is 140 Å². The molecule has 11 aromatic rings. The van der Waals surface area contributed by atoms with Crippen molar-refractivity contribution in [3.63, 3.8) is 0 Å². The summed E-state index contributed by atoms with van der Waals surface area (Å²) in [7, 11) is 0. The van der Waals surface area contributed by atoms with Crippen LogP contribution in [0.15, 0.2) is 231 Å². The fourth-order valence-electron chi connectivity index (χ4n) is 8.60. The highest BCUT2D eigenvalue weighted by molar-refractivity contribution is 6.02. The molecule has 11 rings (SSSR count). The number of benzene rings is 11. The molecule has 11 aromatic carbocycles. The van der Waals surface area contributed by atoms with Gasteiger partial charge in [0.25, 0.3) is 0 Å². The van der Waals surface area contributed by atoms with E-state index in [-0.39, 0.29) is 0 Å². The third-order valence-electron chi connectivity index (χ3n) is 11.6. The van der Waals surface area contributed by atoms with Gasteiger partial charge in [-0.2, -0.15) is 0 Å². The van der Waals surface area contributed by atoms with Crippen LogP contribution in [0.2, 0.25) is 0 Å². The van der Waals surface area contributed by atoms with E-state index in [1.165, 1.54) is 53.9 Å². The molecule has 282 valence electrons. The number of nitrogens with zero attached hydrogens (tertiary/aromatic N) is 2. The molecule has 0 aliphatic rings. The van der Waals surface area contributed by atoms with Crippen molar-refractivity contribution in [2.24, 2.45) is 0 Å². The standard InChI is InChI=1S/C58H40N2/c1-3-15-53(16-4-1)59(57-31-26-48-34-43-11-7-9-13-45(43)36-51(48)39-57)55-28-22-41(23-29-55)19-20-42-21-24-50-38-56(30-25-47(50)33-42)60(54-17-5-2-6-18-54)58-32-27-49-35-44-12-8-10-14-46(44)37-52(49)40-58/h1-40H. The zero-order chi connectivity index (χ0) is 39.8. The third kappa shape index (κ3) is 6.81. The van der Waals surface area contributed by atoms with Crippen LogP contribution in [0.25, 0.3) is 66.0 Å². The SMILES string of the molecule is C(=Cc1ccc2cc(N(c3ccccc3)c3ccc4cc5ccccc5cc4c3)ccc2c1)c1ccc(N(c2ccccc2)c2ccc3cc4ccccc4cc3c2)cc1. The number of hydrogen-bond acceptors (Lipinski definition) is 2. The molecule has 0 heterocycles. The molecular weight excluding hydrogens is 725 g/mol. The minimum absolute atomic E-state index is 1.11. The molecule has 0 radical (unpaired) electrons.